The molecule has 1 N–H and O–H groups in total. The first kappa shape index (κ1) is 13.6. The van der Waals surface area contributed by atoms with Gasteiger partial charge in [0.2, 0.25) is 0 Å². The molecule has 2 aliphatic heterocycles. The molecule has 2 heterocycles. The van der Waals surface area contributed by atoms with Gasteiger partial charge < -0.3 is 10.1 Å². The van der Waals surface area contributed by atoms with Crippen LogP contribution in [-0.2, 0) is 12.8 Å². The maximum absolute atomic E-state index is 5.60. The van der Waals surface area contributed by atoms with Gasteiger partial charge in [-0.05, 0) is 55.8 Å². The zero-order valence-corrected chi connectivity index (χ0v) is 12.8. The first-order chi connectivity index (χ1) is 10.4. The van der Waals surface area contributed by atoms with Crippen molar-refractivity contribution < 1.29 is 4.74 Å². The predicted octanol–water partition coefficient (Wildman–Crippen LogP) is 2.38. The number of benzene rings is 1. The van der Waals surface area contributed by atoms with Crippen molar-refractivity contribution in [3.63, 3.8) is 0 Å². The normalized spacial score (nSPS) is 24.3. The highest BCUT2D eigenvalue weighted by Gasteiger charge is 2.30. The highest BCUT2D eigenvalue weighted by atomic mass is 16.5. The summed E-state index contributed by atoms with van der Waals surface area (Å²) in [6, 6.07) is 8.38. The second-order valence-corrected chi connectivity index (χ2v) is 6.81. The number of hydrogen-bond acceptors (Lipinski definition) is 3. The first-order valence-electron chi connectivity index (χ1n) is 8.60. The molecule has 0 radical (unpaired) electrons. The second kappa shape index (κ2) is 5.98. The Bertz CT molecular complexity index is 492. The van der Waals surface area contributed by atoms with Crippen LogP contribution in [0.1, 0.15) is 36.8 Å². The van der Waals surface area contributed by atoms with E-state index in [-0.39, 0.29) is 0 Å². The van der Waals surface area contributed by atoms with Crippen LogP contribution < -0.4 is 10.1 Å². The maximum atomic E-state index is 5.60. The van der Waals surface area contributed by atoms with Gasteiger partial charge in [0.15, 0.2) is 0 Å². The van der Waals surface area contributed by atoms with Crippen LogP contribution in [0.4, 0.5) is 0 Å². The Morgan fingerprint density at radius 1 is 1.24 bits per heavy atom. The fourth-order valence-corrected chi connectivity index (χ4v) is 3.73. The van der Waals surface area contributed by atoms with E-state index >= 15 is 0 Å². The minimum absolute atomic E-state index is 0.735. The van der Waals surface area contributed by atoms with Gasteiger partial charge in [-0.1, -0.05) is 12.1 Å². The summed E-state index contributed by atoms with van der Waals surface area (Å²) in [5.74, 6) is 1.10. The molecule has 114 valence electrons. The molecule has 1 saturated heterocycles. The van der Waals surface area contributed by atoms with Gasteiger partial charge in [0.25, 0.3) is 0 Å². The smallest absolute Gasteiger partial charge is 0.122 e. The van der Waals surface area contributed by atoms with Crippen LogP contribution in [0.15, 0.2) is 18.2 Å². The zero-order valence-electron chi connectivity index (χ0n) is 12.8. The van der Waals surface area contributed by atoms with E-state index in [2.05, 4.69) is 28.4 Å². The van der Waals surface area contributed by atoms with E-state index in [1.807, 2.05) is 0 Å². The van der Waals surface area contributed by atoms with Crippen LogP contribution in [0.5, 0.6) is 5.75 Å². The molecule has 1 unspecified atom stereocenters. The molecule has 1 saturated carbocycles. The fourth-order valence-electron chi connectivity index (χ4n) is 3.73. The molecule has 4 rings (SSSR count). The number of rotatable bonds is 6. The van der Waals surface area contributed by atoms with Gasteiger partial charge in [0, 0.05) is 31.6 Å². The van der Waals surface area contributed by atoms with Gasteiger partial charge in [0.1, 0.15) is 5.75 Å². The molecule has 0 spiro atoms. The lowest BCUT2D eigenvalue weighted by molar-refractivity contribution is 0.242. The monoisotopic (exact) mass is 286 g/mol. The SMILES string of the molecule is c1cc2c(cc1CCN(CC1CCCN1)C1CC1)CCO2. The molecule has 0 aromatic heterocycles. The Morgan fingerprint density at radius 3 is 3.00 bits per heavy atom. The summed E-state index contributed by atoms with van der Waals surface area (Å²) in [6.45, 7) is 4.54. The Morgan fingerprint density at radius 2 is 2.19 bits per heavy atom. The number of fused-ring (bicyclic) bond motifs is 1. The summed E-state index contributed by atoms with van der Waals surface area (Å²) < 4.78 is 5.60. The minimum atomic E-state index is 0.735. The van der Waals surface area contributed by atoms with Crippen molar-refractivity contribution in [3.8, 4) is 5.75 Å². The van der Waals surface area contributed by atoms with E-state index < -0.39 is 0 Å². The molecule has 1 aromatic rings. The fraction of sp³-hybridized carbons (Fsp3) is 0.667. The zero-order chi connectivity index (χ0) is 14.1. The summed E-state index contributed by atoms with van der Waals surface area (Å²) in [4.78, 5) is 2.73. The molecule has 1 aromatic carbocycles. The Hall–Kier alpha value is -1.06. The molecule has 1 atom stereocenters. The molecular weight excluding hydrogens is 260 g/mol. The van der Waals surface area contributed by atoms with Crippen molar-refractivity contribution >= 4 is 0 Å². The molecule has 3 nitrogen and oxygen atoms in total. The molecule has 0 bridgehead atoms. The summed E-state index contributed by atoms with van der Waals surface area (Å²) in [7, 11) is 0. The largest absolute Gasteiger partial charge is 0.493 e. The highest BCUT2D eigenvalue weighted by molar-refractivity contribution is 5.39. The third-order valence-electron chi connectivity index (χ3n) is 5.12. The molecular formula is C18H26N2O. The number of hydrogen-bond donors (Lipinski definition) is 1. The molecule has 2 fully saturated rings. The third kappa shape index (κ3) is 3.24. The van der Waals surface area contributed by atoms with E-state index in [1.54, 1.807) is 0 Å². The van der Waals surface area contributed by atoms with Crippen molar-refractivity contribution in [1.29, 1.82) is 0 Å². The lowest BCUT2D eigenvalue weighted by Gasteiger charge is -2.25. The van der Waals surface area contributed by atoms with Gasteiger partial charge in [-0.3, -0.25) is 4.90 Å². The molecule has 0 amide bonds. The van der Waals surface area contributed by atoms with Gasteiger partial charge in [-0.2, -0.15) is 0 Å². The number of ether oxygens (including phenoxy) is 1. The lowest BCUT2D eigenvalue weighted by atomic mass is 10.1. The van der Waals surface area contributed by atoms with Crippen molar-refractivity contribution in [3.05, 3.63) is 29.3 Å². The summed E-state index contributed by atoms with van der Waals surface area (Å²) in [5, 5.41) is 3.64. The molecule has 3 heteroatoms. The van der Waals surface area contributed by atoms with Gasteiger partial charge in [-0.25, -0.2) is 0 Å². The van der Waals surface area contributed by atoms with E-state index in [0.29, 0.717) is 0 Å². The van der Waals surface area contributed by atoms with Crippen LogP contribution in [0, 0.1) is 0 Å². The van der Waals surface area contributed by atoms with Crippen molar-refractivity contribution in [1.82, 2.24) is 10.2 Å². The quantitative estimate of drug-likeness (QED) is 0.869. The van der Waals surface area contributed by atoms with Crippen molar-refractivity contribution in [2.45, 2.75) is 50.6 Å². The first-order valence-corrected chi connectivity index (χ1v) is 8.60. The predicted molar refractivity (Wildman–Crippen MR) is 85.0 cm³/mol. The summed E-state index contributed by atoms with van der Waals surface area (Å²) >= 11 is 0. The van der Waals surface area contributed by atoms with Gasteiger partial charge in [0.05, 0.1) is 6.61 Å². The van der Waals surface area contributed by atoms with E-state index in [9.17, 15) is 0 Å². The second-order valence-electron chi connectivity index (χ2n) is 6.81. The average molecular weight is 286 g/mol. The van der Waals surface area contributed by atoms with Crippen molar-refractivity contribution in [2.75, 3.05) is 26.2 Å². The topological polar surface area (TPSA) is 24.5 Å². The molecule has 3 aliphatic rings. The number of nitrogens with zero attached hydrogens (tertiary/aromatic N) is 1. The van der Waals surface area contributed by atoms with E-state index in [0.717, 1.165) is 30.9 Å². The Kier molecular flexibility index (Phi) is 3.87. The van der Waals surface area contributed by atoms with Crippen molar-refractivity contribution in [2.24, 2.45) is 0 Å². The number of nitrogens with one attached hydrogen (secondary N) is 1. The average Bonchev–Trinajstić information content (AvgIpc) is 3.03. The van der Waals surface area contributed by atoms with Gasteiger partial charge in [-0.15, -0.1) is 0 Å². The Balaban J connectivity index is 1.35. The van der Waals surface area contributed by atoms with Crippen LogP contribution in [0.25, 0.3) is 0 Å². The maximum Gasteiger partial charge on any atom is 0.122 e. The third-order valence-corrected chi connectivity index (χ3v) is 5.12. The summed E-state index contributed by atoms with van der Waals surface area (Å²) in [5.41, 5.74) is 2.88. The van der Waals surface area contributed by atoms with Crippen LogP contribution in [0.3, 0.4) is 0 Å². The van der Waals surface area contributed by atoms with Gasteiger partial charge >= 0.3 is 0 Å². The minimum Gasteiger partial charge on any atom is -0.493 e. The van der Waals surface area contributed by atoms with Crippen LogP contribution in [0.2, 0.25) is 0 Å². The van der Waals surface area contributed by atoms with E-state index in [1.165, 1.54) is 62.9 Å². The lowest BCUT2D eigenvalue weighted by Crippen LogP contribution is -2.39. The standard InChI is InChI=1S/C18H26N2O/c1-2-16(19-9-1)13-20(17-4-5-17)10-7-14-3-6-18-15(12-14)8-11-21-18/h3,6,12,16-17,19H,1-2,4-5,7-11,13H2. The van der Waals surface area contributed by atoms with Crippen LogP contribution in [-0.4, -0.2) is 43.2 Å². The Labute approximate surface area is 127 Å². The summed E-state index contributed by atoms with van der Waals surface area (Å²) in [6.07, 6.45) is 7.79. The molecule has 21 heavy (non-hydrogen) atoms. The molecule has 1 aliphatic carbocycles. The van der Waals surface area contributed by atoms with E-state index in [4.69, 9.17) is 4.74 Å². The van der Waals surface area contributed by atoms with Crippen LogP contribution >= 0.6 is 0 Å². The highest BCUT2D eigenvalue weighted by Crippen LogP contribution is 2.29.